The standard InChI is InChI=1S/C14H17N3O/c1-10-15-12-4-2-3-5-13(12)17(10)9-8-14(18)16-11-6-7-11/h2-5,11H,6-9H2,1H3,(H,16,18). The highest BCUT2D eigenvalue weighted by Crippen LogP contribution is 2.19. The predicted molar refractivity (Wildman–Crippen MR) is 70.3 cm³/mol. The number of imidazole rings is 1. The monoisotopic (exact) mass is 243 g/mol. The molecule has 1 aliphatic rings. The molecule has 4 heteroatoms. The largest absolute Gasteiger partial charge is 0.353 e. The molecule has 1 heterocycles. The van der Waals surface area contributed by atoms with Gasteiger partial charge in [-0.2, -0.15) is 0 Å². The number of aromatic nitrogens is 2. The molecule has 94 valence electrons. The molecule has 0 bridgehead atoms. The van der Waals surface area contributed by atoms with E-state index in [4.69, 9.17) is 0 Å². The van der Waals surface area contributed by atoms with Crippen LogP contribution in [0.25, 0.3) is 11.0 Å². The highest BCUT2D eigenvalue weighted by molar-refractivity contribution is 5.78. The number of para-hydroxylation sites is 2. The zero-order valence-electron chi connectivity index (χ0n) is 10.5. The van der Waals surface area contributed by atoms with Crippen molar-refractivity contribution in [3.05, 3.63) is 30.1 Å². The smallest absolute Gasteiger partial charge is 0.222 e. The second-order valence-electron chi connectivity index (χ2n) is 4.89. The summed E-state index contributed by atoms with van der Waals surface area (Å²) in [4.78, 5) is 16.2. The third-order valence-electron chi connectivity index (χ3n) is 3.35. The van der Waals surface area contributed by atoms with Crippen molar-refractivity contribution >= 4 is 16.9 Å². The molecule has 1 aromatic heterocycles. The first-order chi connectivity index (χ1) is 8.74. The molecule has 1 amide bonds. The van der Waals surface area contributed by atoms with Gasteiger partial charge in [0.1, 0.15) is 5.82 Å². The molecule has 1 aliphatic carbocycles. The van der Waals surface area contributed by atoms with E-state index in [1.54, 1.807) is 0 Å². The molecule has 1 saturated carbocycles. The molecular formula is C14H17N3O. The fourth-order valence-electron chi connectivity index (χ4n) is 2.22. The molecule has 1 fully saturated rings. The summed E-state index contributed by atoms with van der Waals surface area (Å²) in [6, 6.07) is 8.48. The molecule has 0 radical (unpaired) electrons. The zero-order chi connectivity index (χ0) is 12.5. The first kappa shape index (κ1) is 11.3. The Morgan fingerprint density at radius 2 is 2.22 bits per heavy atom. The number of carbonyl (C=O) groups excluding carboxylic acids is 1. The number of amides is 1. The molecule has 0 atom stereocenters. The molecule has 0 unspecified atom stereocenters. The third kappa shape index (κ3) is 2.23. The van der Waals surface area contributed by atoms with Gasteiger partial charge in [0.2, 0.25) is 5.91 Å². The summed E-state index contributed by atoms with van der Waals surface area (Å²) < 4.78 is 2.11. The Hall–Kier alpha value is -1.84. The van der Waals surface area contributed by atoms with Crippen LogP contribution in [-0.2, 0) is 11.3 Å². The van der Waals surface area contributed by atoms with Crippen molar-refractivity contribution in [3.63, 3.8) is 0 Å². The van der Waals surface area contributed by atoms with E-state index in [9.17, 15) is 4.79 Å². The third-order valence-corrected chi connectivity index (χ3v) is 3.35. The fraction of sp³-hybridized carbons (Fsp3) is 0.429. The first-order valence-electron chi connectivity index (χ1n) is 6.45. The molecule has 4 nitrogen and oxygen atoms in total. The van der Waals surface area contributed by atoms with Gasteiger partial charge in [-0.25, -0.2) is 4.98 Å². The lowest BCUT2D eigenvalue weighted by Gasteiger charge is -2.07. The predicted octanol–water partition coefficient (Wildman–Crippen LogP) is 2.01. The molecule has 0 spiro atoms. The van der Waals surface area contributed by atoms with Crippen LogP contribution in [0.4, 0.5) is 0 Å². The van der Waals surface area contributed by atoms with Crippen molar-refractivity contribution in [3.8, 4) is 0 Å². The van der Waals surface area contributed by atoms with E-state index in [0.29, 0.717) is 19.0 Å². The maximum atomic E-state index is 11.7. The van der Waals surface area contributed by atoms with Gasteiger partial charge < -0.3 is 9.88 Å². The number of hydrogen-bond donors (Lipinski definition) is 1. The Bertz CT molecular complexity index is 584. The topological polar surface area (TPSA) is 46.9 Å². The number of nitrogens with zero attached hydrogens (tertiary/aromatic N) is 2. The lowest BCUT2D eigenvalue weighted by Crippen LogP contribution is -2.26. The van der Waals surface area contributed by atoms with Gasteiger partial charge in [-0.1, -0.05) is 12.1 Å². The van der Waals surface area contributed by atoms with Crippen LogP contribution in [0.5, 0.6) is 0 Å². The minimum absolute atomic E-state index is 0.148. The maximum absolute atomic E-state index is 11.7. The molecule has 1 N–H and O–H groups in total. The molecule has 1 aromatic carbocycles. The van der Waals surface area contributed by atoms with E-state index >= 15 is 0 Å². The number of rotatable bonds is 4. The molecule has 0 saturated heterocycles. The SMILES string of the molecule is Cc1nc2ccccc2n1CCC(=O)NC1CC1. The van der Waals surface area contributed by atoms with Gasteiger partial charge in [0.05, 0.1) is 11.0 Å². The minimum atomic E-state index is 0.148. The van der Waals surface area contributed by atoms with E-state index in [0.717, 1.165) is 29.7 Å². The van der Waals surface area contributed by atoms with Crippen LogP contribution in [0.1, 0.15) is 25.1 Å². The molecule has 18 heavy (non-hydrogen) atoms. The van der Waals surface area contributed by atoms with Crippen LogP contribution < -0.4 is 5.32 Å². The summed E-state index contributed by atoms with van der Waals surface area (Å²) in [5, 5.41) is 3.01. The Morgan fingerprint density at radius 3 is 3.00 bits per heavy atom. The summed E-state index contributed by atoms with van der Waals surface area (Å²) in [7, 11) is 0. The summed E-state index contributed by atoms with van der Waals surface area (Å²) in [6.07, 6.45) is 2.80. The Morgan fingerprint density at radius 1 is 1.44 bits per heavy atom. The Labute approximate surface area is 106 Å². The Balaban J connectivity index is 1.73. The molecular weight excluding hydrogens is 226 g/mol. The van der Waals surface area contributed by atoms with Crippen molar-refractivity contribution in [2.24, 2.45) is 0 Å². The normalized spacial score (nSPS) is 14.9. The highest BCUT2D eigenvalue weighted by Gasteiger charge is 2.23. The van der Waals surface area contributed by atoms with Gasteiger partial charge in [0.25, 0.3) is 0 Å². The number of fused-ring (bicyclic) bond motifs is 1. The van der Waals surface area contributed by atoms with Crippen molar-refractivity contribution in [1.82, 2.24) is 14.9 Å². The van der Waals surface area contributed by atoms with Crippen molar-refractivity contribution < 1.29 is 4.79 Å². The minimum Gasteiger partial charge on any atom is -0.353 e. The van der Waals surface area contributed by atoms with Gasteiger partial charge in [0.15, 0.2) is 0 Å². The molecule has 0 aliphatic heterocycles. The van der Waals surface area contributed by atoms with Gasteiger partial charge >= 0.3 is 0 Å². The Kier molecular flexibility index (Phi) is 2.78. The van der Waals surface area contributed by atoms with Crippen LogP contribution in [0.2, 0.25) is 0 Å². The average Bonchev–Trinajstić information content (AvgIpc) is 3.09. The van der Waals surface area contributed by atoms with E-state index in [2.05, 4.69) is 14.9 Å². The first-order valence-corrected chi connectivity index (χ1v) is 6.45. The number of benzene rings is 1. The van der Waals surface area contributed by atoms with E-state index < -0.39 is 0 Å². The van der Waals surface area contributed by atoms with Crippen LogP contribution in [-0.4, -0.2) is 21.5 Å². The summed E-state index contributed by atoms with van der Waals surface area (Å²) >= 11 is 0. The lowest BCUT2D eigenvalue weighted by atomic mass is 10.3. The number of aryl methyl sites for hydroxylation is 2. The van der Waals surface area contributed by atoms with Crippen molar-refractivity contribution in [1.29, 1.82) is 0 Å². The average molecular weight is 243 g/mol. The van der Waals surface area contributed by atoms with Crippen LogP contribution >= 0.6 is 0 Å². The second kappa shape index (κ2) is 4.44. The van der Waals surface area contributed by atoms with Crippen molar-refractivity contribution in [2.75, 3.05) is 0 Å². The number of carbonyl (C=O) groups is 1. The van der Waals surface area contributed by atoms with Crippen LogP contribution in [0.15, 0.2) is 24.3 Å². The molecule has 2 aromatic rings. The van der Waals surface area contributed by atoms with E-state index in [-0.39, 0.29) is 5.91 Å². The fourth-order valence-corrected chi connectivity index (χ4v) is 2.22. The number of hydrogen-bond acceptors (Lipinski definition) is 2. The highest BCUT2D eigenvalue weighted by atomic mass is 16.1. The number of nitrogens with one attached hydrogen (secondary N) is 1. The lowest BCUT2D eigenvalue weighted by molar-refractivity contribution is -0.121. The van der Waals surface area contributed by atoms with Gasteiger partial charge in [-0.3, -0.25) is 4.79 Å². The van der Waals surface area contributed by atoms with Crippen molar-refractivity contribution in [2.45, 2.75) is 38.8 Å². The quantitative estimate of drug-likeness (QED) is 0.893. The van der Waals surface area contributed by atoms with Gasteiger partial charge in [0, 0.05) is 19.0 Å². The second-order valence-corrected chi connectivity index (χ2v) is 4.89. The maximum Gasteiger partial charge on any atom is 0.222 e. The van der Waals surface area contributed by atoms with E-state index in [1.807, 2.05) is 31.2 Å². The van der Waals surface area contributed by atoms with Crippen LogP contribution in [0.3, 0.4) is 0 Å². The summed E-state index contributed by atoms with van der Waals surface area (Å²) in [5.74, 6) is 1.12. The van der Waals surface area contributed by atoms with Gasteiger partial charge in [-0.15, -0.1) is 0 Å². The molecule has 3 rings (SSSR count). The summed E-state index contributed by atoms with van der Waals surface area (Å²) in [6.45, 7) is 2.68. The van der Waals surface area contributed by atoms with E-state index in [1.165, 1.54) is 0 Å². The zero-order valence-corrected chi connectivity index (χ0v) is 10.5. The van der Waals surface area contributed by atoms with Gasteiger partial charge in [-0.05, 0) is 31.9 Å². The van der Waals surface area contributed by atoms with Crippen LogP contribution in [0, 0.1) is 6.92 Å². The summed E-state index contributed by atoms with van der Waals surface area (Å²) in [5.41, 5.74) is 2.10.